The van der Waals surface area contributed by atoms with E-state index >= 15 is 0 Å². The molecule has 0 fully saturated rings. The molecule has 11 heteroatoms. The van der Waals surface area contributed by atoms with Crippen molar-refractivity contribution >= 4 is 24.2 Å². The molecular formula is C9H11F3N4O3S. The Morgan fingerprint density at radius 3 is 2.55 bits per heavy atom. The fourth-order valence-electron chi connectivity index (χ4n) is 1.49. The Balaban J connectivity index is 3.11. The van der Waals surface area contributed by atoms with Gasteiger partial charge in [0, 0.05) is 12.3 Å². The molecule has 0 saturated heterocycles. The summed E-state index contributed by atoms with van der Waals surface area (Å²) in [5, 5.41) is 16.2. The van der Waals surface area contributed by atoms with Crippen LogP contribution in [0.15, 0.2) is 0 Å². The second-order valence-corrected chi connectivity index (χ2v) is 4.22. The van der Waals surface area contributed by atoms with Gasteiger partial charge in [0.1, 0.15) is 12.2 Å². The molecule has 0 atom stereocenters. The van der Waals surface area contributed by atoms with E-state index < -0.39 is 34.9 Å². The number of nitro groups is 1. The van der Waals surface area contributed by atoms with Gasteiger partial charge < -0.3 is 5.32 Å². The van der Waals surface area contributed by atoms with Crippen molar-refractivity contribution in [2.75, 3.05) is 12.3 Å². The number of carbonyl (C=O) groups is 1. The minimum absolute atomic E-state index is 0.233. The van der Waals surface area contributed by atoms with E-state index in [2.05, 4.69) is 23.0 Å². The van der Waals surface area contributed by atoms with Gasteiger partial charge >= 0.3 is 11.9 Å². The first-order valence-electron chi connectivity index (χ1n) is 5.35. The zero-order valence-corrected chi connectivity index (χ0v) is 11.2. The van der Waals surface area contributed by atoms with Gasteiger partial charge in [-0.2, -0.15) is 30.9 Å². The average Bonchev–Trinajstić information content (AvgIpc) is 2.64. The van der Waals surface area contributed by atoms with Gasteiger partial charge in [-0.25, -0.2) is 0 Å². The third-order valence-corrected chi connectivity index (χ3v) is 2.58. The van der Waals surface area contributed by atoms with E-state index in [-0.39, 0.29) is 12.2 Å². The zero-order valence-electron chi connectivity index (χ0n) is 10.3. The summed E-state index contributed by atoms with van der Waals surface area (Å²) < 4.78 is 38.6. The highest BCUT2D eigenvalue weighted by Crippen LogP contribution is 2.36. The molecule has 0 saturated carbocycles. The lowest BCUT2D eigenvalue weighted by Crippen LogP contribution is -2.30. The van der Waals surface area contributed by atoms with E-state index in [4.69, 9.17) is 0 Å². The molecule has 1 N–H and O–H groups in total. The maximum atomic E-state index is 12.7. The molecule has 0 unspecified atom stereocenters. The molecule has 20 heavy (non-hydrogen) atoms. The fraction of sp³-hybridized carbons (Fsp3) is 0.556. The van der Waals surface area contributed by atoms with Crippen LogP contribution >= 0.6 is 12.6 Å². The van der Waals surface area contributed by atoms with Crippen LogP contribution in [-0.4, -0.2) is 32.9 Å². The lowest BCUT2D eigenvalue weighted by atomic mass is 10.3. The quantitative estimate of drug-likeness (QED) is 0.485. The molecule has 1 rings (SSSR count). The number of thiol groups is 1. The van der Waals surface area contributed by atoms with Crippen molar-refractivity contribution in [2.45, 2.75) is 19.6 Å². The lowest BCUT2D eigenvalue weighted by Gasteiger charge is -2.04. The van der Waals surface area contributed by atoms with Crippen LogP contribution < -0.4 is 5.32 Å². The summed E-state index contributed by atoms with van der Waals surface area (Å²) in [5.74, 6) is -0.245. The molecule has 0 aliphatic heterocycles. The number of alkyl halides is 3. The van der Waals surface area contributed by atoms with Gasteiger partial charge in [0.05, 0.1) is 4.92 Å². The molecule has 1 amide bonds. The van der Waals surface area contributed by atoms with Gasteiger partial charge in [-0.05, 0) is 6.92 Å². The maximum absolute atomic E-state index is 12.7. The number of nitrogens with zero attached hydrogens (tertiary/aromatic N) is 3. The third kappa shape index (κ3) is 3.62. The van der Waals surface area contributed by atoms with Crippen LogP contribution in [0.1, 0.15) is 11.4 Å². The smallest absolute Gasteiger partial charge is 0.354 e. The topological polar surface area (TPSA) is 90.1 Å². The first kappa shape index (κ1) is 16.3. The maximum Gasteiger partial charge on any atom is 0.442 e. The van der Waals surface area contributed by atoms with Crippen molar-refractivity contribution in [1.82, 2.24) is 15.1 Å². The zero-order chi connectivity index (χ0) is 15.5. The van der Waals surface area contributed by atoms with E-state index in [1.807, 2.05) is 0 Å². The number of halogens is 3. The Morgan fingerprint density at radius 2 is 2.15 bits per heavy atom. The molecule has 1 aromatic rings. The Morgan fingerprint density at radius 1 is 1.55 bits per heavy atom. The molecule has 0 radical (unpaired) electrons. The van der Waals surface area contributed by atoms with Crippen molar-refractivity contribution in [2.24, 2.45) is 0 Å². The molecule has 1 aromatic heterocycles. The predicted molar refractivity (Wildman–Crippen MR) is 65.5 cm³/mol. The number of hydrogen-bond donors (Lipinski definition) is 2. The molecular weight excluding hydrogens is 301 g/mol. The Bertz CT molecular complexity index is 529. The van der Waals surface area contributed by atoms with Crippen LogP contribution in [-0.2, 0) is 17.5 Å². The van der Waals surface area contributed by atoms with Crippen molar-refractivity contribution < 1.29 is 22.9 Å². The molecule has 0 aliphatic carbocycles. The fourth-order valence-corrected chi connectivity index (χ4v) is 1.60. The van der Waals surface area contributed by atoms with E-state index in [0.717, 1.165) is 6.92 Å². The Hall–Kier alpha value is -1.78. The normalized spacial score (nSPS) is 11.4. The summed E-state index contributed by atoms with van der Waals surface area (Å²) in [7, 11) is 0. The van der Waals surface area contributed by atoms with Gasteiger partial charge in [0.25, 0.3) is 0 Å². The van der Waals surface area contributed by atoms with Gasteiger partial charge in [0.15, 0.2) is 0 Å². The minimum atomic E-state index is -4.96. The van der Waals surface area contributed by atoms with Crippen LogP contribution in [0.2, 0.25) is 0 Å². The standard InChI is InChI=1S/C9H11F3N4O3S/c1-5-7(16(18)19)8(9(10,11)12)14-15(5)4-6(17)13-2-3-20/h20H,2-4H2,1H3,(H,13,17). The predicted octanol–water partition coefficient (Wildman–Crippen LogP) is 1.16. The van der Waals surface area contributed by atoms with Crippen molar-refractivity contribution in [3.8, 4) is 0 Å². The molecule has 0 spiro atoms. The SMILES string of the molecule is Cc1c([N+](=O)[O-])c(C(F)(F)F)nn1CC(=O)NCCS. The number of aromatic nitrogens is 2. The summed E-state index contributed by atoms with van der Waals surface area (Å²) >= 11 is 3.85. The van der Waals surface area contributed by atoms with E-state index in [9.17, 15) is 28.1 Å². The Labute approximate surface area is 116 Å². The molecule has 7 nitrogen and oxygen atoms in total. The second-order valence-electron chi connectivity index (χ2n) is 3.77. The lowest BCUT2D eigenvalue weighted by molar-refractivity contribution is -0.388. The number of hydrogen-bond acceptors (Lipinski definition) is 5. The number of rotatable bonds is 5. The van der Waals surface area contributed by atoms with Crippen LogP contribution in [0.25, 0.3) is 0 Å². The van der Waals surface area contributed by atoms with Crippen molar-refractivity contribution in [3.05, 3.63) is 21.5 Å². The average molecular weight is 312 g/mol. The summed E-state index contributed by atoms with van der Waals surface area (Å²) in [6.07, 6.45) is -4.96. The summed E-state index contributed by atoms with van der Waals surface area (Å²) in [4.78, 5) is 20.9. The number of amides is 1. The van der Waals surface area contributed by atoms with Gasteiger partial charge in [0.2, 0.25) is 11.6 Å². The third-order valence-electron chi connectivity index (χ3n) is 2.35. The first-order valence-corrected chi connectivity index (χ1v) is 5.98. The number of carbonyl (C=O) groups excluding carboxylic acids is 1. The van der Waals surface area contributed by atoms with Crippen molar-refractivity contribution in [3.63, 3.8) is 0 Å². The molecule has 0 bridgehead atoms. The highest BCUT2D eigenvalue weighted by Gasteiger charge is 2.44. The molecule has 1 heterocycles. The minimum Gasteiger partial charge on any atom is -0.354 e. The van der Waals surface area contributed by atoms with Crippen LogP contribution in [0.4, 0.5) is 18.9 Å². The molecule has 0 aromatic carbocycles. The highest BCUT2D eigenvalue weighted by molar-refractivity contribution is 7.80. The molecule has 0 aliphatic rings. The van der Waals surface area contributed by atoms with E-state index in [0.29, 0.717) is 10.4 Å². The van der Waals surface area contributed by atoms with Gasteiger partial charge in [-0.3, -0.25) is 19.6 Å². The monoisotopic (exact) mass is 312 g/mol. The van der Waals surface area contributed by atoms with Gasteiger partial charge in [-0.1, -0.05) is 0 Å². The van der Waals surface area contributed by atoms with E-state index in [1.165, 1.54) is 0 Å². The summed E-state index contributed by atoms with van der Waals surface area (Å²) in [6, 6.07) is 0. The molecule has 112 valence electrons. The van der Waals surface area contributed by atoms with E-state index in [1.54, 1.807) is 0 Å². The second kappa shape index (κ2) is 6.11. The van der Waals surface area contributed by atoms with Crippen LogP contribution in [0.5, 0.6) is 0 Å². The summed E-state index contributed by atoms with van der Waals surface area (Å²) in [6.45, 7) is 0.805. The summed E-state index contributed by atoms with van der Waals surface area (Å²) in [5.41, 5.74) is -3.08. The highest BCUT2D eigenvalue weighted by atomic mass is 32.1. The van der Waals surface area contributed by atoms with Crippen molar-refractivity contribution in [1.29, 1.82) is 0 Å². The first-order chi connectivity index (χ1) is 9.18. The largest absolute Gasteiger partial charge is 0.442 e. The number of nitrogens with one attached hydrogen (secondary N) is 1. The van der Waals surface area contributed by atoms with Crippen LogP contribution in [0, 0.1) is 17.0 Å². The van der Waals surface area contributed by atoms with Crippen LogP contribution in [0.3, 0.4) is 0 Å². The van der Waals surface area contributed by atoms with Gasteiger partial charge in [-0.15, -0.1) is 0 Å². The Kier molecular flexibility index (Phi) is 4.98.